The van der Waals surface area contributed by atoms with E-state index in [-0.39, 0.29) is 25.2 Å². The first kappa shape index (κ1) is 46.8. The zero-order valence-electron chi connectivity index (χ0n) is 31.9. The first-order valence-corrected chi connectivity index (χ1v) is 19.8. The molecule has 1 N–H and O–H groups in total. The largest absolute Gasteiger partial charge is 0.462 e. The molecule has 0 bridgehead atoms. The van der Waals surface area contributed by atoms with Crippen LogP contribution in [0.4, 0.5) is 0 Å². The van der Waals surface area contributed by atoms with Crippen LogP contribution in [-0.2, 0) is 19.1 Å². The summed E-state index contributed by atoms with van der Waals surface area (Å²) in [6.07, 6.45) is 56.1. The van der Waals surface area contributed by atoms with Gasteiger partial charge in [0.25, 0.3) is 0 Å². The monoisotopic (exact) mass is 693 g/mol. The fourth-order valence-corrected chi connectivity index (χ4v) is 4.95. The highest BCUT2D eigenvalue weighted by atomic mass is 16.6. The van der Waals surface area contributed by atoms with Crippen LogP contribution in [0.25, 0.3) is 0 Å². The number of aliphatic hydroxyl groups excluding tert-OH is 1. The number of hydrogen-bond donors (Lipinski definition) is 1. The lowest BCUT2D eigenvalue weighted by molar-refractivity contribution is -0.161. The summed E-state index contributed by atoms with van der Waals surface area (Å²) >= 11 is 0. The lowest BCUT2D eigenvalue weighted by Crippen LogP contribution is -2.28. The third kappa shape index (κ3) is 37.6. The van der Waals surface area contributed by atoms with E-state index >= 15 is 0 Å². The number of hydrogen-bond acceptors (Lipinski definition) is 5. The van der Waals surface area contributed by atoms with Gasteiger partial charge in [-0.25, -0.2) is 0 Å². The van der Waals surface area contributed by atoms with Gasteiger partial charge in [-0.2, -0.15) is 0 Å². The van der Waals surface area contributed by atoms with Gasteiger partial charge in [0, 0.05) is 12.8 Å². The molecule has 0 aromatic carbocycles. The summed E-state index contributed by atoms with van der Waals surface area (Å²) in [4.78, 5) is 24.3. The topological polar surface area (TPSA) is 72.8 Å². The molecule has 5 nitrogen and oxygen atoms in total. The van der Waals surface area contributed by atoms with Crippen molar-refractivity contribution in [1.29, 1.82) is 0 Å². The van der Waals surface area contributed by atoms with Crippen LogP contribution in [-0.4, -0.2) is 36.4 Å². The Balaban J connectivity index is 3.67. The van der Waals surface area contributed by atoms with E-state index in [1.54, 1.807) is 0 Å². The second-order valence-corrected chi connectivity index (χ2v) is 12.6. The van der Waals surface area contributed by atoms with Gasteiger partial charge in [0.15, 0.2) is 6.10 Å². The van der Waals surface area contributed by atoms with Crippen LogP contribution in [0.15, 0.2) is 97.2 Å². The number of rotatable bonds is 34. The van der Waals surface area contributed by atoms with Crippen molar-refractivity contribution in [3.63, 3.8) is 0 Å². The predicted octanol–water partition coefficient (Wildman–Crippen LogP) is 12.5. The number of carbonyl (C=O) groups excluding carboxylic acids is 2. The Morgan fingerprint density at radius 1 is 0.460 bits per heavy atom. The summed E-state index contributed by atoms with van der Waals surface area (Å²) in [5, 5.41) is 9.56. The summed E-state index contributed by atoms with van der Waals surface area (Å²) in [5.41, 5.74) is 0. The summed E-state index contributed by atoms with van der Waals surface area (Å²) < 4.78 is 10.6. The highest BCUT2D eigenvalue weighted by Gasteiger charge is 2.16. The molecule has 5 heteroatoms. The SMILES string of the molecule is CC/C=C\C/C=C\C/C=C\C/C=C\C/C=C\CCCCCCCC(=O)OC(CO)COC(=O)CCCCCCC/C=C\C/C=C\C/C=C\CC. The van der Waals surface area contributed by atoms with E-state index < -0.39 is 6.10 Å². The average molecular weight is 693 g/mol. The molecule has 0 rings (SSSR count). The number of ether oxygens (including phenoxy) is 2. The lowest BCUT2D eigenvalue weighted by Gasteiger charge is -2.15. The first-order valence-electron chi connectivity index (χ1n) is 19.8. The number of esters is 2. The molecule has 0 saturated heterocycles. The van der Waals surface area contributed by atoms with Crippen LogP contribution < -0.4 is 0 Å². The fourth-order valence-electron chi connectivity index (χ4n) is 4.95. The molecule has 0 radical (unpaired) electrons. The van der Waals surface area contributed by atoms with Gasteiger partial charge in [-0.3, -0.25) is 9.59 Å². The Bertz CT molecular complexity index is 1010. The van der Waals surface area contributed by atoms with Gasteiger partial charge in [-0.15, -0.1) is 0 Å². The molecular formula is C45H72O5. The Kier molecular flexibility index (Phi) is 37.7. The molecule has 0 amide bonds. The molecule has 282 valence electrons. The zero-order valence-corrected chi connectivity index (χ0v) is 31.9. The Morgan fingerprint density at radius 2 is 0.800 bits per heavy atom. The number of carbonyl (C=O) groups is 2. The molecule has 0 saturated carbocycles. The van der Waals surface area contributed by atoms with Crippen molar-refractivity contribution in [3.8, 4) is 0 Å². The number of aliphatic hydroxyl groups is 1. The summed E-state index contributed by atoms with van der Waals surface area (Å²) in [6.45, 7) is 3.86. The molecule has 0 aliphatic rings. The van der Waals surface area contributed by atoms with E-state index in [0.29, 0.717) is 12.8 Å². The third-order valence-electron chi connectivity index (χ3n) is 7.87. The van der Waals surface area contributed by atoms with Crippen molar-refractivity contribution in [2.75, 3.05) is 13.2 Å². The normalized spacial score (nSPS) is 13.3. The van der Waals surface area contributed by atoms with Crippen LogP contribution >= 0.6 is 0 Å². The average Bonchev–Trinajstić information content (AvgIpc) is 3.12. The second-order valence-electron chi connectivity index (χ2n) is 12.6. The highest BCUT2D eigenvalue weighted by molar-refractivity contribution is 5.70. The molecule has 0 aromatic rings. The summed E-state index contributed by atoms with van der Waals surface area (Å²) in [6, 6.07) is 0. The van der Waals surface area contributed by atoms with E-state index in [4.69, 9.17) is 9.47 Å². The minimum Gasteiger partial charge on any atom is -0.462 e. The molecule has 1 atom stereocenters. The molecular weight excluding hydrogens is 620 g/mol. The molecule has 0 heterocycles. The van der Waals surface area contributed by atoms with Gasteiger partial charge >= 0.3 is 11.9 Å². The molecule has 0 spiro atoms. The summed E-state index contributed by atoms with van der Waals surface area (Å²) in [5.74, 6) is -0.643. The molecule has 0 aliphatic heterocycles. The molecule has 50 heavy (non-hydrogen) atoms. The Morgan fingerprint density at radius 3 is 1.20 bits per heavy atom. The van der Waals surface area contributed by atoms with E-state index in [1.807, 2.05) is 0 Å². The van der Waals surface area contributed by atoms with Crippen molar-refractivity contribution < 1.29 is 24.2 Å². The second kappa shape index (κ2) is 40.3. The van der Waals surface area contributed by atoms with Crippen LogP contribution in [0.2, 0.25) is 0 Å². The Hall–Kier alpha value is -3.18. The smallest absolute Gasteiger partial charge is 0.306 e. The third-order valence-corrected chi connectivity index (χ3v) is 7.87. The minimum atomic E-state index is -0.795. The van der Waals surface area contributed by atoms with Crippen molar-refractivity contribution in [2.24, 2.45) is 0 Å². The molecule has 0 aromatic heterocycles. The number of unbranched alkanes of at least 4 members (excludes halogenated alkanes) is 10. The first-order chi connectivity index (χ1) is 24.6. The van der Waals surface area contributed by atoms with Gasteiger partial charge in [0.1, 0.15) is 6.61 Å². The molecule has 0 fully saturated rings. The van der Waals surface area contributed by atoms with Crippen LogP contribution in [0.1, 0.15) is 155 Å². The van der Waals surface area contributed by atoms with Crippen LogP contribution in [0.3, 0.4) is 0 Å². The molecule has 0 aliphatic carbocycles. The quantitative estimate of drug-likeness (QED) is 0.0413. The maximum absolute atomic E-state index is 12.2. The highest BCUT2D eigenvalue weighted by Crippen LogP contribution is 2.11. The standard InChI is InChI=1S/C45H72O5/c1-3-5-7-9-11-13-15-17-19-20-21-22-23-24-26-28-30-32-34-36-38-40-45(48)50-43(41-46)42-49-44(47)39-37-35-33-31-29-27-25-18-16-14-12-10-8-6-4-2/h5-8,11-14,17-19,21-22,24-26,43,46H,3-4,9-10,15-16,20,23,27-42H2,1-2H3/b7-5-,8-6-,13-11-,14-12-,19-17-,22-21-,25-18-,26-24-. The van der Waals surface area contributed by atoms with E-state index in [2.05, 4.69) is 111 Å². The van der Waals surface area contributed by atoms with Gasteiger partial charge in [-0.05, 0) is 89.9 Å². The number of allylic oxidation sites excluding steroid dienone is 16. The van der Waals surface area contributed by atoms with Crippen molar-refractivity contribution in [3.05, 3.63) is 97.2 Å². The van der Waals surface area contributed by atoms with E-state index in [1.165, 1.54) is 6.42 Å². The van der Waals surface area contributed by atoms with Gasteiger partial charge in [-0.1, -0.05) is 150 Å². The predicted molar refractivity (Wildman–Crippen MR) is 214 cm³/mol. The fraction of sp³-hybridized carbons (Fsp3) is 0.600. The van der Waals surface area contributed by atoms with Gasteiger partial charge in [0.05, 0.1) is 6.61 Å². The minimum absolute atomic E-state index is 0.0894. The van der Waals surface area contributed by atoms with Crippen LogP contribution in [0, 0.1) is 0 Å². The van der Waals surface area contributed by atoms with E-state index in [0.717, 1.165) is 122 Å². The Labute approximate surface area is 307 Å². The van der Waals surface area contributed by atoms with Crippen LogP contribution in [0.5, 0.6) is 0 Å². The molecule has 1 unspecified atom stereocenters. The maximum Gasteiger partial charge on any atom is 0.306 e. The summed E-state index contributed by atoms with van der Waals surface area (Å²) in [7, 11) is 0. The zero-order chi connectivity index (χ0) is 36.4. The van der Waals surface area contributed by atoms with Gasteiger partial charge in [0.2, 0.25) is 0 Å². The van der Waals surface area contributed by atoms with E-state index in [9.17, 15) is 14.7 Å². The van der Waals surface area contributed by atoms with Crippen molar-refractivity contribution in [2.45, 2.75) is 161 Å². The van der Waals surface area contributed by atoms with Crippen molar-refractivity contribution >= 4 is 11.9 Å². The van der Waals surface area contributed by atoms with Gasteiger partial charge < -0.3 is 14.6 Å². The lowest BCUT2D eigenvalue weighted by atomic mass is 10.1. The van der Waals surface area contributed by atoms with Crippen molar-refractivity contribution in [1.82, 2.24) is 0 Å². The maximum atomic E-state index is 12.2.